The second kappa shape index (κ2) is 8.04. The molecule has 0 spiro atoms. The van der Waals surface area contributed by atoms with E-state index >= 15 is 0 Å². The van der Waals surface area contributed by atoms with Gasteiger partial charge < -0.3 is 15.1 Å². The molecule has 0 unspecified atom stereocenters. The Labute approximate surface area is 184 Å². The molecule has 1 aromatic heterocycles. The molecule has 0 fully saturated rings. The number of carbonyl (C=O) groups is 2. The molecule has 0 bridgehead atoms. The fraction of sp³-hybridized carbons (Fsp3) is 0.0370. The lowest BCUT2D eigenvalue weighted by atomic mass is 10.1. The Bertz CT molecular complexity index is 1470. The van der Waals surface area contributed by atoms with Crippen molar-refractivity contribution >= 4 is 44.9 Å². The Morgan fingerprint density at radius 1 is 0.719 bits per heavy atom. The third kappa shape index (κ3) is 3.72. The number of carbonyl (C=O) groups excluding carboxylic acids is 2. The maximum Gasteiger partial charge on any atom is 0.293 e. The number of nitrogens with one attached hydrogen (secondary N) is 2. The molecular weight excluding hydrogens is 400 g/mol. The second-order valence-corrected chi connectivity index (χ2v) is 7.64. The van der Waals surface area contributed by atoms with Crippen LogP contribution in [-0.4, -0.2) is 11.8 Å². The Morgan fingerprint density at radius 2 is 1.44 bits per heavy atom. The summed E-state index contributed by atoms with van der Waals surface area (Å²) in [5, 5.41) is 8.42. The number of furan rings is 1. The minimum Gasteiger partial charge on any atom is -0.449 e. The van der Waals surface area contributed by atoms with Crippen molar-refractivity contribution in [1.29, 1.82) is 0 Å². The summed E-state index contributed by atoms with van der Waals surface area (Å²) in [5.74, 6) is -0.688. The number of fused-ring (bicyclic) bond motifs is 2. The summed E-state index contributed by atoms with van der Waals surface area (Å²) >= 11 is 0. The monoisotopic (exact) mass is 420 g/mol. The van der Waals surface area contributed by atoms with Gasteiger partial charge in [0.2, 0.25) is 5.76 Å². The average molecular weight is 420 g/mol. The van der Waals surface area contributed by atoms with Crippen molar-refractivity contribution in [3.63, 3.8) is 0 Å². The molecule has 32 heavy (non-hydrogen) atoms. The average Bonchev–Trinajstić information content (AvgIpc) is 3.19. The molecule has 1 heterocycles. The molecule has 5 aromatic rings. The molecule has 0 saturated heterocycles. The van der Waals surface area contributed by atoms with Crippen molar-refractivity contribution in [3.05, 3.63) is 108 Å². The van der Waals surface area contributed by atoms with E-state index in [9.17, 15) is 9.59 Å². The van der Waals surface area contributed by atoms with Crippen molar-refractivity contribution in [2.45, 2.75) is 6.92 Å². The van der Waals surface area contributed by atoms with Crippen LogP contribution in [0.2, 0.25) is 0 Å². The lowest BCUT2D eigenvalue weighted by Gasteiger charge is -2.08. The van der Waals surface area contributed by atoms with E-state index in [0.717, 1.165) is 16.3 Å². The van der Waals surface area contributed by atoms with Gasteiger partial charge in [0.05, 0.1) is 0 Å². The van der Waals surface area contributed by atoms with Gasteiger partial charge in [0.1, 0.15) is 11.3 Å². The third-order valence-electron chi connectivity index (χ3n) is 5.36. The minimum absolute atomic E-state index is 0.0564. The smallest absolute Gasteiger partial charge is 0.293 e. The van der Waals surface area contributed by atoms with Crippen molar-refractivity contribution in [2.75, 3.05) is 10.6 Å². The van der Waals surface area contributed by atoms with E-state index in [1.807, 2.05) is 85.8 Å². The molecule has 2 amide bonds. The number of amides is 2. The van der Waals surface area contributed by atoms with E-state index in [-0.39, 0.29) is 11.7 Å². The van der Waals surface area contributed by atoms with E-state index in [1.54, 1.807) is 12.1 Å². The first-order valence-corrected chi connectivity index (χ1v) is 10.3. The van der Waals surface area contributed by atoms with Gasteiger partial charge in [-0.3, -0.25) is 9.59 Å². The molecular formula is C27H20N2O3. The van der Waals surface area contributed by atoms with Gasteiger partial charge in [-0.05, 0) is 54.1 Å². The predicted octanol–water partition coefficient (Wildman–Crippen LogP) is 6.40. The standard InChI is InChI=1S/C27H20N2O3/c1-17-10-14-21(15-11-17)28-27(31)25-24(22-8-4-5-9-23(22)32-25)29-26(30)20-13-12-18-6-2-3-7-19(18)16-20/h2-16H,1H3,(H,28,31)(H,29,30). The number of benzene rings is 4. The van der Waals surface area contributed by atoms with Gasteiger partial charge in [-0.1, -0.05) is 60.2 Å². The maximum atomic E-state index is 13.1. The first kappa shape index (κ1) is 19.6. The van der Waals surface area contributed by atoms with Gasteiger partial charge in [-0.2, -0.15) is 0 Å². The highest BCUT2D eigenvalue weighted by Gasteiger charge is 2.23. The maximum absolute atomic E-state index is 13.1. The van der Waals surface area contributed by atoms with Crippen LogP contribution in [0.3, 0.4) is 0 Å². The second-order valence-electron chi connectivity index (χ2n) is 7.64. The molecule has 0 aliphatic carbocycles. The zero-order valence-electron chi connectivity index (χ0n) is 17.4. The van der Waals surface area contributed by atoms with Gasteiger partial charge in [0.15, 0.2) is 0 Å². The molecule has 0 aliphatic rings. The lowest BCUT2D eigenvalue weighted by Crippen LogP contribution is -2.17. The quantitative estimate of drug-likeness (QED) is 0.353. The van der Waals surface area contributed by atoms with E-state index in [2.05, 4.69) is 10.6 Å². The highest BCUT2D eigenvalue weighted by Crippen LogP contribution is 2.32. The fourth-order valence-corrected chi connectivity index (χ4v) is 3.67. The molecule has 0 atom stereocenters. The van der Waals surface area contributed by atoms with Crippen LogP contribution in [0.15, 0.2) is 95.4 Å². The van der Waals surface area contributed by atoms with Crippen molar-refractivity contribution in [1.82, 2.24) is 0 Å². The molecule has 4 aromatic carbocycles. The van der Waals surface area contributed by atoms with Gasteiger partial charge in [-0.25, -0.2) is 0 Å². The largest absolute Gasteiger partial charge is 0.449 e. The number of aryl methyl sites for hydroxylation is 1. The van der Waals surface area contributed by atoms with E-state index in [4.69, 9.17) is 4.42 Å². The van der Waals surface area contributed by atoms with Crippen LogP contribution in [0.25, 0.3) is 21.7 Å². The zero-order valence-corrected chi connectivity index (χ0v) is 17.4. The van der Waals surface area contributed by atoms with E-state index in [0.29, 0.717) is 27.9 Å². The summed E-state index contributed by atoms with van der Waals surface area (Å²) in [4.78, 5) is 26.1. The molecule has 5 nitrogen and oxygen atoms in total. The number of para-hydroxylation sites is 1. The van der Waals surface area contributed by atoms with E-state index in [1.165, 1.54) is 0 Å². The van der Waals surface area contributed by atoms with Crippen molar-refractivity contribution in [3.8, 4) is 0 Å². The normalized spacial score (nSPS) is 10.9. The highest BCUT2D eigenvalue weighted by molar-refractivity contribution is 6.17. The van der Waals surface area contributed by atoms with Crippen LogP contribution < -0.4 is 10.6 Å². The van der Waals surface area contributed by atoms with Gasteiger partial charge in [0.25, 0.3) is 11.8 Å². The minimum atomic E-state index is -0.432. The van der Waals surface area contributed by atoms with Gasteiger partial charge in [0, 0.05) is 16.6 Å². The lowest BCUT2D eigenvalue weighted by molar-refractivity contribution is 0.0999. The number of rotatable bonds is 4. The SMILES string of the molecule is Cc1ccc(NC(=O)c2oc3ccccc3c2NC(=O)c2ccc3ccccc3c2)cc1. The van der Waals surface area contributed by atoms with Crippen molar-refractivity contribution < 1.29 is 14.0 Å². The molecule has 0 radical (unpaired) electrons. The summed E-state index contributed by atoms with van der Waals surface area (Å²) < 4.78 is 5.84. The van der Waals surface area contributed by atoms with Crippen LogP contribution in [0, 0.1) is 6.92 Å². The zero-order chi connectivity index (χ0) is 22.1. The molecule has 0 aliphatic heterocycles. The van der Waals surface area contributed by atoms with Crippen molar-refractivity contribution in [2.24, 2.45) is 0 Å². The Balaban J connectivity index is 1.50. The summed E-state index contributed by atoms with van der Waals surface area (Å²) in [7, 11) is 0. The van der Waals surface area contributed by atoms with Crippen LogP contribution in [0.5, 0.6) is 0 Å². The molecule has 0 saturated carbocycles. The Kier molecular flexibility index (Phi) is 4.92. The number of anilines is 2. The topological polar surface area (TPSA) is 71.3 Å². The molecule has 2 N–H and O–H groups in total. The molecule has 5 heteroatoms. The van der Waals surface area contributed by atoms with Gasteiger partial charge >= 0.3 is 0 Å². The van der Waals surface area contributed by atoms with Crippen LogP contribution in [0.1, 0.15) is 26.5 Å². The van der Waals surface area contributed by atoms with Crippen LogP contribution in [-0.2, 0) is 0 Å². The fourth-order valence-electron chi connectivity index (χ4n) is 3.67. The number of hydrogen-bond acceptors (Lipinski definition) is 3. The molecule has 5 rings (SSSR count). The first-order valence-electron chi connectivity index (χ1n) is 10.3. The Hall–Kier alpha value is -4.38. The van der Waals surface area contributed by atoms with Crippen LogP contribution >= 0.6 is 0 Å². The summed E-state index contributed by atoms with van der Waals surface area (Å²) in [6.45, 7) is 1.98. The third-order valence-corrected chi connectivity index (χ3v) is 5.36. The highest BCUT2D eigenvalue weighted by atomic mass is 16.3. The predicted molar refractivity (Wildman–Crippen MR) is 127 cm³/mol. The van der Waals surface area contributed by atoms with Gasteiger partial charge in [-0.15, -0.1) is 0 Å². The number of hydrogen-bond donors (Lipinski definition) is 2. The molecule has 156 valence electrons. The Morgan fingerprint density at radius 3 is 2.25 bits per heavy atom. The van der Waals surface area contributed by atoms with E-state index < -0.39 is 5.91 Å². The summed E-state index contributed by atoms with van der Waals surface area (Å²) in [5.41, 5.74) is 3.11. The summed E-state index contributed by atoms with van der Waals surface area (Å²) in [6, 6.07) is 28.1. The summed E-state index contributed by atoms with van der Waals surface area (Å²) in [6.07, 6.45) is 0. The first-order chi connectivity index (χ1) is 15.6. The van der Waals surface area contributed by atoms with Crippen LogP contribution in [0.4, 0.5) is 11.4 Å².